The van der Waals surface area contributed by atoms with Crippen LogP contribution in [-0.2, 0) is 4.79 Å². The number of hydrogen-bond acceptors (Lipinski definition) is 3. The van der Waals surface area contributed by atoms with Crippen LogP contribution in [-0.4, -0.2) is 44.8 Å². The van der Waals surface area contributed by atoms with Gasteiger partial charge in [-0.05, 0) is 49.6 Å². The number of carboxylic acid groups (broad SMARTS) is 1. The Kier molecular flexibility index (Phi) is 4.38. The Morgan fingerprint density at radius 3 is 2.46 bits per heavy atom. The molecule has 1 aliphatic rings. The fourth-order valence-corrected chi connectivity index (χ4v) is 3.26. The van der Waals surface area contributed by atoms with E-state index in [4.69, 9.17) is 0 Å². The van der Waals surface area contributed by atoms with Crippen molar-refractivity contribution in [1.82, 2.24) is 14.7 Å². The van der Waals surface area contributed by atoms with Gasteiger partial charge in [-0.15, -0.1) is 0 Å². The zero-order valence-electron chi connectivity index (χ0n) is 13.8. The molecule has 1 aliphatic heterocycles. The average Bonchev–Trinajstić information content (AvgIpc) is 3.00. The second-order valence-corrected chi connectivity index (χ2v) is 6.39. The van der Waals surface area contributed by atoms with Crippen LogP contribution in [0.5, 0.6) is 0 Å². The molecule has 1 aromatic heterocycles. The summed E-state index contributed by atoms with van der Waals surface area (Å²) < 4.78 is 1.81. The van der Waals surface area contributed by atoms with Crippen molar-refractivity contribution in [3.05, 3.63) is 47.8 Å². The van der Waals surface area contributed by atoms with Crippen LogP contribution < -0.4 is 0 Å². The number of aryl methyl sites for hydroxylation is 1. The molecule has 24 heavy (non-hydrogen) atoms. The van der Waals surface area contributed by atoms with Gasteiger partial charge in [0.15, 0.2) is 0 Å². The lowest BCUT2D eigenvalue weighted by Crippen LogP contribution is -2.45. The van der Waals surface area contributed by atoms with E-state index in [2.05, 4.69) is 5.10 Å². The maximum atomic E-state index is 12.6. The maximum Gasteiger partial charge on any atom is 0.306 e. The molecule has 1 fully saturated rings. The van der Waals surface area contributed by atoms with E-state index in [9.17, 15) is 14.7 Å². The molecular formula is C18H21N3O3. The van der Waals surface area contributed by atoms with E-state index < -0.39 is 5.97 Å². The van der Waals surface area contributed by atoms with Crippen molar-refractivity contribution in [3.63, 3.8) is 0 Å². The zero-order valence-corrected chi connectivity index (χ0v) is 13.8. The zero-order chi connectivity index (χ0) is 17.3. The average molecular weight is 327 g/mol. The Balaban J connectivity index is 1.72. The van der Waals surface area contributed by atoms with Gasteiger partial charge in [0.25, 0.3) is 5.91 Å². The molecule has 6 heteroatoms. The van der Waals surface area contributed by atoms with Crippen LogP contribution in [0.1, 0.15) is 29.4 Å². The fourth-order valence-electron chi connectivity index (χ4n) is 3.26. The van der Waals surface area contributed by atoms with E-state index in [-0.39, 0.29) is 17.7 Å². The van der Waals surface area contributed by atoms with E-state index in [1.54, 1.807) is 23.2 Å². The second-order valence-electron chi connectivity index (χ2n) is 6.39. The van der Waals surface area contributed by atoms with E-state index in [0.717, 1.165) is 11.4 Å². The van der Waals surface area contributed by atoms with Gasteiger partial charge in [0.2, 0.25) is 0 Å². The lowest BCUT2D eigenvalue weighted by molar-refractivity contribution is -0.145. The Bertz CT molecular complexity index is 751. The number of carbonyl (C=O) groups excluding carboxylic acids is 1. The SMILES string of the molecule is Cc1ccnn1-c1ccc(C(=O)N2CCC(C(=O)O)C(C)C2)cc1. The number of aromatic nitrogens is 2. The van der Waals surface area contributed by atoms with E-state index in [1.165, 1.54) is 0 Å². The standard InChI is InChI=1S/C18H21N3O3/c1-12-11-20(10-8-16(12)18(23)24)17(22)14-3-5-15(6-4-14)21-13(2)7-9-19-21/h3-7,9,12,16H,8,10-11H2,1-2H3,(H,23,24). The third-order valence-electron chi connectivity index (χ3n) is 4.70. The summed E-state index contributed by atoms with van der Waals surface area (Å²) in [5, 5.41) is 13.4. The predicted molar refractivity (Wildman–Crippen MR) is 89.1 cm³/mol. The Morgan fingerprint density at radius 2 is 1.92 bits per heavy atom. The second kappa shape index (κ2) is 6.47. The largest absolute Gasteiger partial charge is 0.481 e. The van der Waals surface area contributed by atoms with Gasteiger partial charge in [0, 0.05) is 30.5 Å². The van der Waals surface area contributed by atoms with Crippen molar-refractivity contribution >= 4 is 11.9 Å². The van der Waals surface area contributed by atoms with Gasteiger partial charge in [-0.2, -0.15) is 5.10 Å². The highest BCUT2D eigenvalue weighted by Crippen LogP contribution is 2.25. The number of hydrogen-bond donors (Lipinski definition) is 1. The molecule has 6 nitrogen and oxygen atoms in total. The first kappa shape index (κ1) is 16.2. The molecule has 2 heterocycles. The van der Waals surface area contributed by atoms with Gasteiger partial charge in [-0.3, -0.25) is 9.59 Å². The Labute approximate surface area is 140 Å². The predicted octanol–water partition coefficient (Wildman–Crippen LogP) is 2.36. The molecular weight excluding hydrogens is 306 g/mol. The first-order valence-electron chi connectivity index (χ1n) is 8.10. The monoisotopic (exact) mass is 327 g/mol. The van der Waals surface area contributed by atoms with Crippen LogP contribution in [0.2, 0.25) is 0 Å². The number of carboxylic acids is 1. The lowest BCUT2D eigenvalue weighted by atomic mass is 9.87. The van der Waals surface area contributed by atoms with E-state index >= 15 is 0 Å². The Hall–Kier alpha value is -2.63. The van der Waals surface area contributed by atoms with Gasteiger partial charge in [-0.25, -0.2) is 4.68 Å². The first-order chi connectivity index (χ1) is 11.5. The highest BCUT2D eigenvalue weighted by molar-refractivity contribution is 5.94. The minimum absolute atomic E-state index is 0.0359. The highest BCUT2D eigenvalue weighted by Gasteiger charge is 2.33. The molecule has 1 saturated heterocycles. The molecule has 3 rings (SSSR count). The molecule has 2 aromatic rings. The number of nitrogens with zero attached hydrogens (tertiary/aromatic N) is 3. The van der Waals surface area contributed by atoms with Gasteiger partial charge in [-0.1, -0.05) is 6.92 Å². The molecule has 0 bridgehead atoms. The summed E-state index contributed by atoms with van der Waals surface area (Å²) in [6.45, 7) is 4.83. The van der Waals surface area contributed by atoms with Gasteiger partial charge >= 0.3 is 5.97 Å². The van der Waals surface area contributed by atoms with Crippen LogP contribution in [0.15, 0.2) is 36.5 Å². The minimum Gasteiger partial charge on any atom is -0.481 e. The number of aliphatic carboxylic acids is 1. The number of likely N-dealkylation sites (tertiary alicyclic amines) is 1. The van der Waals surface area contributed by atoms with E-state index in [1.807, 2.05) is 36.7 Å². The van der Waals surface area contributed by atoms with Crippen molar-refractivity contribution < 1.29 is 14.7 Å². The van der Waals surface area contributed by atoms with Gasteiger partial charge in [0.05, 0.1) is 11.6 Å². The van der Waals surface area contributed by atoms with Crippen molar-refractivity contribution in [1.29, 1.82) is 0 Å². The van der Waals surface area contributed by atoms with Crippen LogP contribution in [0.25, 0.3) is 5.69 Å². The molecule has 0 saturated carbocycles. The number of benzene rings is 1. The first-order valence-corrected chi connectivity index (χ1v) is 8.10. The van der Waals surface area contributed by atoms with Crippen LogP contribution in [0, 0.1) is 18.8 Å². The molecule has 1 N–H and O–H groups in total. The summed E-state index contributed by atoms with van der Waals surface area (Å²) in [5.74, 6) is -1.21. The number of carbonyl (C=O) groups is 2. The summed E-state index contributed by atoms with van der Waals surface area (Å²) in [4.78, 5) is 25.6. The highest BCUT2D eigenvalue weighted by atomic mass is 16.4. The van der Waals surface area contributed by atoms with Crippen LogP contribution in [0.3, 0.4) is 0 Å². The molecule has 2 unspecified atom stereocenters. The van der Waals surface area contributed by atoms with Crippen molar-refractivity contribution in [2.45, 2.75) is 20.3 Å². The number of piperidine rings is 1. The molecule has 0 aliphatic carbocycles. The maximum absolute atomic E-state index is 12.6. The van der Waals surface area contributed by atoms with Crippen molar-refractivity contribution in [2.24, 2.45) is 11.8 Å². The summed E-state index contributed by atoms with van der Waals surface area (Å²) >= 11 is 0. The summed E-state index contributed by atoms with van der Waals surface area (Å²) in [5.41, 5.74) is 2.55. The lowest BCUT2D eigenvalue weighted by Gasteiger charge is -2.35. The minimum atomic E-state index is -0.770. The topological polar surface area (TPSA) is 75.4 Å². The summed E-state index contributed by atoms with van der Waals surface area (Å²) in [7, 11) is 0. The quantitative estimate of drug-likeness (QED) is 0.939. The van der Waals surface area contributed by atoms with Crippen LogP contribution >= 0.6 is 0 Å². The van der Waals surface area contributed by atoms with Gasteiger partial charge in [0.1, 0.15) is 0 Å². The molecule has 0 spiro atoms. The van der Waals surface area contributed by atoms with Crippen molar-refractivity contribution in [3.8, 4) is 5.69 Å². The summed E-state index contributed by atoms with van der Waals surface area (Å²) in [6, 6.07) is 9.27. The third-order valence-corrected chi connectivity index (χ3v) is 4.70. The Morgan fingerprint density at radius 1 is 1.21 bits per heavy atom. The smallest absolute Gasteiger partial charge is 0.306 e. The van der Waals surface area contributed by atoms with Crippen LogP contribution in [0.4, 0.5) is 0 Å². The van der Waals surface area contributed by atoms with Crippen molar-refractivity contribution in [2.75, 3.05) is 13.1 Å². The van der Waals surface area contributed by atoms with E-state index in [0.29, 0.717) is 25.1 Å². The third kappa shape index (κ3) is 3.04. The van der Waals surface area contributed by atoms with Gasteiger partial charge < -0.3 is 10.0 Å². The summed E-state index contributed by atoms with van der Waals surface area (Å²) in [6.07, 6.45) is 2.25. The molecule has 2 atom stereocenters. The number of rotatable bonds is 3. The molecule has 126 valence electrons. The molecule has 1 amide bonds. The number of amides is 1. The normalized spacial score (nSPS) is 20.8. The molecule has 0 radical (unpaired) electrons. The molecule has 1 aromatic carbocycles. The fraction of sp³-hybridized carbons (Fsp3) is 0.389.